The minimum absolute atomic E-state index is 0.0124. The van der Waals surface area contributed by atoms with Gasteiger partial charge in [0.1, 0.15) is 0 Å². The van der Waals surface area contributed by atoms with Gasteiger partial charge in [0.05, 0.1) is 18.7 Å². The van der Waals surface area contributed by atoms with E-state index < -0.39 is 0 Å². The van der Waals surface area contributed by atoms with E-state index in [1.807, 2.05) is 6.92 Å². The van der Waals surface area contributed by atoms with E-state index in [1.165, 1.54) is 5.56 Å². The summed E-state index contributed by atoms with van der Waals surface area (Å²) in [7, 11) is 0. The molecule has 2 atom stereocenters. The van der Waals surface area contributed by atoms with Crippen LogP contribution >= 0.6 is 0 Å². The van der Waals surface area contributed by atoms with Gasteiger partial charge in [-0.2, -0.15) is 0 Å². The molecule has 21 heavy (non-hydrogen) atoms. The third kappa shape index (κ3) is 3.89. The van der Waals surface area contributed by atoms with Crippen molar-refractivity contribution >= 4 is 0 Å². The van der Waals surface area contributed by atoms with Crippen LogP contribution in [0.3, 0.4) is 0 Å². The van der Waals surface area contributed by atoms with E-state index in [9.17, 15) is 5.11 Å². The molecule has 5 heteroatoms. The Morgan fingerprint density at radius 1 is 1.10 bits per heavy atom. The van der Waals surface area contributed by atoms with Crippen molar-refractivity contribution in [2.75, 3.05) is 6.61 Å². The summed E-state index contributed by atoms with van der Waals surface area (Å²) in [5.74, 6) is 1.57. The first-order valence-electron chi connectivity index (χ1n) is 7.28. The van der Waals surface area contributed by atoms with Gasteiger partial charge in [-0.15, -0.1) is 10.2 Å². The van der Waals surface area contributed by atoms with Gasteiger partial charge in [0.2, 0.25) is 11.8 Å². The van der Waals surface area contributed by atoms with Gasteiger partial charge in [0, 0.05) is 6.92 Å². The molecule has 1 aromatic carbocycles. The number of hydrogen-bond donors (Lipinski definition) is 2. The van der Waals surface area contributed by atoms with Crippen molar-refractivity contribution in [2.45, 2.75) is 45.7 Å². The molecule has 2 N–H and O–H groups in total. The Bertz CT molecular complexity index is 563. The number of aryl methyl sites for hydroxylation is 1. The van der Waals surface area contributed by atoms with Crippen LogP contribution in [0.25, 0.3) is 0 Å². The van der Waals surface area contributed by atoms with Crippen molar-refractivity contribution in [1.29, 1.82) is 0 Å². The number of aliphatic hydroxyl groups is 1. The third-order valence-corrected chi connectivity index (χ3v) is 3.55. The molecule has 5 nitrogen and oxygen atoms in total. The average molecular weight is 289 g/mol. The van der Waals surface area contributed by atoms with Crippen LogP contribution < -0.4 is 5.32 Å². The lowest BCUT2D eigenvalue weighted by molar-refractivity contribution is 0.228. The zero-order valence-corrected chi connectivity index (χ0v) is 13.0. The third-order valence-electron chi connectivity index (χ3n) is 3.55. The predicted octanol–water partition coefficient (Wildman–Crippen LogP) is 2.89. The van der Waals surface area contributed by atoms with Gasteiger partial charge in [-0.3, -0.25) is 5.32 Å². The molecule has 0 aliphatic carbocycles. The maximum atomic E-state index is 9.63. The number of hydrogen-bond acceptors (Lipinski definition) is 5. The highest BCUT2D eigenvalue weighted by atomic mass is 16.4. The van der Waals surface area contributed by atoms with Crippen molar-refractivity contribution in [3.05, 3.63) is 47.2 Å². The molecular weight excluding hydrogens is 266 g/mol. The Hall–Kier alpha value is -1.72. The molecular formula is C16H23N3O2. The summed E-state index contributed by atoms with van der Waals surface area (Å²) in [5.41, 5.74) is 2.33. The fraction of sp³-hybridized carbons (Fsp3) is 0.500. The minimum atomic E-state index is -0.159. The van der Waals surface area contributed by atoms with Crippen molar-refractivity contribution in [1.82, 2.24) is 15.5 Å². The lowest BCUT2D eigenvalue weighted by Crippen LogP contribution is -2.27. The fourth-order valence-corrected chi connectivity index (χ4v) is 2.23. The van der Waals surface area contributed by atoms with Crippen molar-refractivity contribution in [3.8, 4) is 0 Å². The smallest absolute Gasteiger partial charge is 0.233 e. The Labute approximate surface area is 125 Å². The Balaban J connectivity index is 2.08. The predicted molar refractivity (Wildman–Crippen MR) is 80.9 cm³/mol. The molecule has 0 radical (unpaired) electrons. The van der Waals surface area contributed by atoms with Crippen molar-refractivity contribution in [2.24, 2.45) is 0 Å². The van der Waals surface area contributed by atoms with Gasteiger partial charge in [-0.25, -0.2) is 0 Å². The molecule has 114 valence electrons. The summed E-state index contributed by atoms with van der Waals surface area (Å²) in [6, 6.07) is 8.03. The second kappa shape index (κ2) is 6.83. The Morgan fingerprint density at radius 2 is 1.71 bits per heavy atom. The number of rotatable bonds is 6. The van der Waals surface area contributed by atoms with Gasteiger partial charge < -0.3 is 9.52 Å². The number of aromatic nitrogens is 2. The highest BCUT2D eigenvalue weighted by Gasteiger charge is 2.18. The lowest BCUT2D eigenvalue weighted by Gasteiger charge is -2.20. The van der Waals surface area contributed by atoms with Gasteiger partial charge >= 0.3 is 0 Å². The van der Waals surface area contributed by atoms with E-state index in [0.29, 0.717) is 17.7 Å². The second-order valence-electron chi connectivity index (χ2n) is 5.60. The normalized spacial score (nSPS) is 14.4. The maximum absolute atomic E-state index is 9.63. The highest BCUT2D eigenvalue weighted by molar-refractivity contribution is 5.27. The number of aliphatic hydroxyl groups excluding tert-OH is 1. The Kier molecular flexibility index (Phi) is 5.09. The van der Waals surface area contributed by atoms with Gasteiger partial charge in [0.15, 0.2) is 0 Å². The molecule has 0 fully saturated rings. The average Bonchev–Trinajstić information content (AvgIpc) is 2.91. The first kappa shape index (κ1) is 15.7. The molecule has 2 aromatic rings. The van der Waals surface area contributed by atoms with Crippen LogP contribution in [0.5, 0.6) is 0 Å². The van der Waals surface area contributed by atoms with Crippen LogP contribution in [-0.2, 0) is 0 Å². The number of benzene rings is 1. The van der Waals surface area contributed by atoms with Crippen LogP contribution in [0, 0.1) is 6.92 Å². The fourth-order valence-electron chi connectivity index (χ4n) is 2.23. The first-order valence-corrected chi connectivity index (χ1v) is 7.28. The summed E-state index contributed by atoms with van der Waals surface area (Å²) >= 11 is 0. The van der Waals surface area contributed by atoms with Gasteiger partial charge in [0.25, 0.3) is 0 Å². The second-order valence-corrected chi connectivity index (χ2v) is 5.60. The van der Waals surface area contributed by atoms with Crippen LogP contribution in [0.4, 0.5) is 0 Å². The topological polar surface area (TPSA) is 71.2 Å². The largest absolute Gasteiger partial charge is 0.424 e. The zero-order chi connectivity index (χ0) is 15.4. The molecule has 1 heterocycles. The summed E-state index contributed by atoms with van der Waals surface area (Å²) in [6.45, 7) is 8.04. The number of nitrogens with zero attached hydrogens (tertiary/aromatic N) is 2. The minimum Gasteiger partial charge on any atom is -0.424 e. The van der Waals surface area contributed by atoms with E-state index >= 15 is 0 Å². The van der Waals surface area contributed by atoms with Crippen LogP contribution in [-0.4, -0.2) is 21.9 Å². The molecule has 1 aromatic heterocycles. The molecule has 2 unspecified atom stereocenters. The molecule has 0 spiro atoms. The SMILES string of the molecule is Cc1nnc(C(C)NC(CO)c2ccc(C(C)C)cc2)o1. The zero-order valence-electron chi connectivity index (χ0n) is 13.0. The molecule has 0 bridgehead atoms. The molecule has 0 saturated heterocycles. The molecule has 0 amide bonds. The van der Waals surface area contributed by atoms with Gasteiger partial charge in [-0.05, 0) is 24.0 Å². The quantitative estimate of drug-likeness (QED) is 0.855. The maximum Gasteiger partial charge on any atom is 0.233 e. The summed E-state index contributed by atoms with van der Waals surface area (Å²) in [6.07, 6.45) is 0. The molecule has 0 aliphatic heterocycles. The summed E-state index contributed by atoms with van der Waals surface area (Å²) in [4.78, 5) is 0. The lowest BCUT2D eigenvalue weighted by atomic mass is 9.99. The van der Waals surface area contributed by atoms with Crippen LogP contribution in [0.15, 0.2) is 28.7 Å². The van der Waals surface area contributed by atoms with Crippen molar-refractivity contribution in [3.63, 3.8) is 0 Å². The number of nitrogens with one attached hydrogen (secondary N) is 1. The first-order chi connectivity index (χ1) is 10.0. The van der Waals surface area contributed by atoms with Crippen LogP contribution in [0.2, 0.25) is 0 Å². The van der Waals surface area contributed by atoms with Gasteiger partial charge in [-0.1, -0.05) is 38.1 Å². The standard InChI is InChI=1S/C16H23N3O2/c1-10(2)13-5-7-14(8-6-13)15(9-20)17-11(3)16-19-18-12(4)21-16/h5-8,10-11,15,17,20H,9H2,1-4H3. The Morgan fingerprint density at radius 3 is 2.19 bits per heavy atom. The van der Waals surface area contributed by atoms with E-state index in [2.05, 4.69) is 53.6 Å². The van der Waals surface area contributed by atoms with E-state index in [4.69, 9.17) is 4.42 Å². The molecule has 0 aliphatic rings. The monoisotopic (exact) mass is 289 g/mol. The van der Waals surface area contributed by atoms with E-state index in [0.717, 1.165) is 5.56 Å². The van der Waals surface area contributed by atoms with E-state index in [-0.39, 0.29) is 18.7 Å². The van der Waals surface area contributed by atoms with Crippen LogP contribution in [0.1, 0.15) is 61.7 Å². The summed E-state index contributed by atoms with van der Waals surface area (Å²) < 4.78 is 5.41. The van der Waals surface area contributed by atoms with Crippen molar-refractivity contribution < 1.29 is 9.52 Å². The highest BCUT2D eigenvalue weighted by Crippen LogP contribution is 2.21. The summed E-state index contributed by atoms with van der Waals surface area (Å²) in [5, 5.41) is 20.8. The molecule has 2 rings (SSSR count). The van der Waals surface area contributed by atoms with E-state index in [1.54, 1.807) is 6.92 Å². The molecule has 0 saturated carbocycles.